The van der Waals surface area contributed by atoms with Gasteiger partial charge < -0.3 is 9.88 Å². The van der Waals surface area contributed by atoms with Crippen molar-refractivity contribution in [3.8, 4) is 0 Å². The standard InChI is InChI=1S/C15H21N3/c1-3-9-17-15(14-7-5-4-6-8-14)13(2)18-11-10-16-12-18/h4-8,10-13,15,17H,3,9H2,1-2H3. The predicted molar refractivity (Wildman–Crippen MR) is 74.4 cm³/mol. The molecule has 0 saturated heterocycles. The van der Waals surface area contributed by atoms with Gasteiger partial charge in [0, 0.05) is 12.4 Å². The number of aromatic nitrogens is 2. The molecule has 0 aliphatic rings. The summed E-state index contributed by atoms with van der Waals surface area (Å²) in [5.41, 5.74) is 1.33. The molecule has 0 radical (unpaired) electrons. The Balaban J connectivity index is 2.20. The molecular formula is C15H21N3. The van der Waals surface area contributed by atoms with Crippen molar-refractivity contribution >= 4 is 0 Å². The second-order valence-electron chi connectivity index (χ2n) is 4.59. The third kappa shape index (κ3) is 2.99. The van der Waals surface area contributed by atoms with Crippen molar-refractivity contribution in [2.24, 2.45) is 0 Å². The minimum Gasteiger partial charge on any atom is -0.333 e. The van der Waals surface area contributed by atoms with E-state index >= 15 is 0 Å². The van der Waals surface area contributed by atoms with E-state index in [1.54, 1.807) is 0 Å². The van der Waals surface area contributed by atoms with Crippen molar-refractivity contribution in [3.63, 3.8) is 0 Å². The Morgan fingerprint density at radius 3 is 2.67 bits per heavy atom. The molecule has 2 rings (SSSR count). The number of hydrogen-bond acceptors (Lipinski definition) is 2. The topological polar surface area (TPSA) is 29.9 Å². The zero-order valence-electron chi connectivity index (χ0n) is 11.1. The largest absolute Gasteiger partial charge is 0.333 e. The highest BCUT2D eigenvalue weighted by Crippen LogP contribution is 2.25. The lowest BCUT2D eigenvalue weighted by Gasteiger charge is -2.26. The monoisotopic (exact) mass is 243 g/mol. The van der Waals surface area contributed by atoms with Gasteiger partial charge in [0.2, 0.25) is 0 Å². The van der Waals surface area contributed by atoms with Crippen LogP contribution in [0.2, 0.25) is 0 Å². The van der Waals surface area contributed by atoms with E-state index in [1.165, 1.54) is 5.56 Å². The van der Waals surface area contributed by atoms with Gasteiger partial charge in [0.25, 0.3) is 0 Å². The number of hydrogen-bond donors (Lipinski definition) is 1. The average molecular weight is 243 g/mol. The lowest BCUT2D eigenvalue weighted by molar-refractivity contribution is 0.379. The number of nitrogens with one attached hydrogen (secondary N) is 1. The first kappa shape index (κ1) is 12.8. The Kier molecular flexibility index (Phi) is 4.53. The van der Waals surface area contributed by atoms with Crippen molar-refractivity contribution in [2.75, 3.05) is 6.54 Å². The maximum absolute atomic E-state index is 4.13. The van der Waals surface area contributed by atoms with Crippen LogP contribution in [0.3, 0.4) is 0 Å². The van der Waals surface area contributed by atoms with Crippen LogP contribution in [0.15, 0.2) is 49.1 Å². The van der Waals surface area contributed by atoms with Gasteiger partial charge in [-0.1, -0.05) is 37.3 Å². The second-order valence-corrected chi connectivity index (χ2v) is 4.59. The molecule has 2 aromatic rings. The number of rotatable bonds is 6. The third-order valence-corrected chi connectivity index (χ3v) is 3.25. The molecule has 96 valence electrons. The molecular weight excluding hydrogens is 222 g/mol. The van der Waals surface area contributed by atoms with Gasteiger partial charge in [0.1, 0.15) is 0 Å². The quantitative estimate of drug-likeness (QED) is 0.844. The first-order valence-electron chi connectivity index (χ1n) is 6.58. The van der Waals surface area contributed by atoms with Crippen molar-refractivity contribution in [1.29, 1.82) is 0 Å². The molecule has 1 N–H and O–H groups in total. The third-order valence-electron chi connectivity index (χ3n) is 3.25. The zero-order chi connectivity index (χ0) is 12.8. The lowest BCUT2D eigenvalue weighted by Crippen LogP contribution is -2.29. The summed E-state index contributed by atoms with van der Waals surface area (Å²) in [5, 5.41) is 3.63. The van der Waals surface area contributed by atoms with E-state index in [9.17, 15) is 0 Å². The molecule has 1 aromatic heterocycles. The fourth-order valence-corrected chi connectivity index (χ4v) is 2.21. The Morgan fingerprint density at radius 2 is 2.06 bits per heavy atom. The van der Waals surface area contributed by atoms with Crippen LogP contribution < -0.4 is 5.32 Å². The summed E-state index contributed by atoms with van der Waals surface area (Å²) in [7, 11) is 0. The van der Waals surface area contributed by atoms with E-state index in [4.69, 9.17) is 0 Å². The molecule has 0 saturated carbocycles. The fourth-order valence-electron chi connectivity index (χ4n) is 2.21. The smallest absolute Gasteiger partial charge is 0.0949 e. The maximum Gasteiger partial charge on any atom is 0.0949 e. The summed E-state index contributed by atoms with van der Waals surface area (Å²) in [6.07, 6.45) is 6.88. The van der Waals surface area contributed by atoms with Crippen LogP contribution in [0.5, 0.6) is 0 Å². The summed E-state index contributed by atoms with van der Waals surface area (Å²) < 4.78 is 2.15. The van der Waals surface area contributed by atoms with E-state index in [-0.39, 0.29) is 0 Å². The Morgan fingerprint density at radius 1 is 1.28 bits per heavy atom. The Hall–Kier alpha value is -1.61. The molecule has 0 amide bonds. The molecule has 18 heavy (non-hydrogen) atoms. The van der Waals surface area contributed by atoms with Gasteiger partial charge >= 0.3 is 0 Å². The molecule has 0 aliphatic heterocycles. The summed E-state index contributed by atoms with van der Waals surface area (Å²) in [6.45, 7) is 5.44. The number of nitrogens with zero attached hydrogens (tertiary/aromatic N) is 2. The highest BCUT2D eigenvalue weighted by Gasteiger charge is 2.19. The molecule has 0 bridgehead atoms. The molecule has 3 heteroatoms. The maximum atomic E-state index is 4.13. The first-order valence-corrected chi connectivity index (χ1v) is 6.58. The summed E-state index contributed by atoms with van der Waals surface area (Å²) >= 11 is 0. The second kappa shape index (κ2) is 6.36. The van der Waals surface area contributed by atoms with Crippen LogP contribution >= 0.6 is 0 Å². The van der Waals surface area contributed by atoms with Gasteiger partial charge in [-0.2, -0.15) is 0 Å². The molecule has 2 unspecified atom stereocenters. The molecule has 0 spiro atoms. The lowest BCUT2D eigenvalue weighted by atomic mass is 10.00. The van der Waals surface area contributed by atoms with Gasteiger partial charge in [-0.05, 0) is 25.5 Å². The van der Waals surface area contributed by atoms with E-state index in [0.717, 1.165) is 13.0 Å². The zero-order valence-corrected chi connectivity index (χ0v) is 11.1. The predicted octanol–water partition coefficient (Wildman–Crippen LogP) is 3.19. The molecule has 1 aromatic carbocycles. The van der Waals surface area contributed by atoms with Crippen LogP contribution in [-0.2, 0) is 0 Å². The van der Waals surface area contributed by atoms with Gasteiger partial charge in [-0.3, -0.25) is 0 Å². The van der Waals surface area contributed by atoms with Crippen molar-refractivity contribution in [1.82, 2.24) is 14.9 Å². The Bertz CT molecular complexity index is 436. The highest BCUT2D eigenvalue weighted by atomic mass is 15.1. The summed E-state index contributed by atoms with van der Waals surface area (Å²) in [4.78, 5) is 4.13. The molecule has 2 atom stereocenters. The molecule has 1 heterocycles. The van der Waals surface area contributed by atoms with E-state index < -0.39 is 0 Å². The van der Waals surface area contributed by atoms with Crippen molar-refractivity contribution in [2.45, 2.75) is 32.4 Å². The highest BCUT2D eigenvalue weighted by molar-refractivity contribution is 5.20. The minimum absolute atomic E-state index is 0.320. The minimum atomic E-state index is 0.320. The van der Waals surface area contributed by atoms with Crippen molar-refractivity contribution in [3.05, 3.63) is 54.6 Å². The Labute approximate surface area is 109 Å². The van der Waals surface area contributed by atoms with Gasteiger partial charge in [-0.15, -0.1) is 0 Å². The molecule has 0 fully saturated rings. The fraction of sp³-hybridized carbons (Fsp3) is 0.400. The number of benzene rings is 1. The van der Waals surface area contributed by atoms with E-state index in [0.29, 0.717) is 12.1 Å². The van der Waals surface area contributed by atoms with Gasteiger partial charge in [0.05, 0.1) is 18.4 Å². The van der Waals surface area contributed by atoms with Crippen molar-refractivity contribution < 1.29 is 0 Å². The van der Waals surface area contributed by atoms with Gasteiger partial charge in [-0.25, -0.2) is 4.98 Å². The molecule has 0 aliphatic carbocycles. The van der Waals surface area contributed by atoms with Crippen LogP contribution in [0.25, 0.3) is 0 Å². The van der Waals surface area contributed by atoms with Gasteiger partial charge in [0.15, 0.2) is 0 Å². The normalized spacial score (nSPS) is 14.3. The van der Waals surface area contributed by atoms with Crippen LogP contribution in [0, 0.1) is 0 Å². The first-order chi connectivity index (χ1) is 8.83. The molecule has 3 nitrogen and oxygen atoms in total. The summed E-state index contributed by atoms with van der Waals surface area (Å²) in [5.74, 6) is 0. The number of imidazole rings is 1. The van der Waals surface area contributed by atoms with E-state index in [2.05, 4.69) is 59.0 Å². The van der Waals surface area contributed by atoms with Crippen LogP contribution in [0.1, 0.15) is 37.9 Å². The summed E-state index contributed by atoms with van der Waals surface area (Å²) in [6, 6.07) is 11.3. The average Bonchev–Trinajstić information content (AvgIpc) is 2.94. The van der Waals surface area contributed by atoms with Crippen LogP contribution in [0.4, 0.5) is 0 Å². The van der Waals surface area contributed by atoms with Crippen LogP contribution in [-0.4, -0.2) is 16.1 Å². The van der Waals surface area contributed by atoms with E-state index in [1.807, 2.05) is 18.7 Å². The SMILES string of the molecule is CCCNC(c1ccccc1)C(C)n1ccnc1.